The summed E-state index contributed by atoms with van der Waals surface area (Å²) in [7, 11) is 0. The van der Waals surface area contributed by atoms with Crippen LogP contribution in [0.5, 0.6) is 0 Å². The van der Waals surface area contributed by atoms with Gasteiger partial charge in [0.2, 0.25) is 0 Å². The molecule has 0 radical (unpaired) electrons. The monoisotopic (exact) mass is 320 g/mol. The number of carbonyl (C=O) groups excluding carboxylic acids is 1. The van der Waals surface area contributed by atoms with E-state index in [9.17, 15) is 9.90 Å². The summed E-state index contributed by atoms with van der Waals surface area (Å²) in [5.41, 5.74) is 0.411. The smallest absolute Gasteiger partial charge is 0.250 e. The number of hydrogen-bond donors (Lipinski definition) is 2. The van der Waals surface area contributed by atoms with Crippen LogP contribution in [0.15, 0.2) is 30.3 Å². The molecular weight excluding hydrogens is 292 g/mol. The Balaban J connectivity index is 1.84. The molecule has 1 amide bonds. The molecule has 0 bridgehead atoms. The van der Waals surface area contributed by atoms with E-state index in [0.717, 1.165) is 13.1 Å². The minimum atomic E-state index is -0.825. The number of carbonyl (C=O) groups is 1. The first-order chi connectivity index (χ1) is 11.1. The zero-order chi connectivity index (χ0) is 16.7. The number of morpholine rings is 1. The molecule has 1 aliphatic rings. The summed E-state index contributed by atoms with van der Waals surface area (Å²) in [4.78, 5) is 14.5. The molecule has 0 aliphatic carbocycles. The number of amides is 1. The normalized spacial score (nSPS) is 19.5. The van der Waals surface area contributed by atoms with Gasteiger partial charge >= 0.3 is 0 Å². The van der Waals surface area contributed by atoms with E-state index in [1.165, 1.54) is 5.56 Å². The molecule has 1 aromatic rings. The summed E-state index contributed by atoms with van der Waals surface area (Å²) < 4.78 is 5.60. The Morgan fingerprint density at radius 2 is 2.04 bits per heavy atom. The van der Waals surface area contributed by atoms with Crippen LogP contribution in [0, 0.1) is 0 Å². The molecule has 2 rings (SSSR count). The Hall–Kier alpha value is -1.43. The lowest BCUT2D eigenvalue weighted by molar-refractivity contribution is -0.140. The first-order valence-electron chi connectivity index (χ1n) is 8.44. The van der Waals surface area contributed by atoms with Crippen LogP contribution in [-0.2, 0) is 16.1 Å². The van der Waals surface area contributed by atoms with E-state index in [4.69, 9.17) is 4.74 Å². The highest BCUT2D eigenvalue weighted by Crippen LogP contribution is 2.14. The number of nitrogens with zero attached hydrogens (tertiary/aromatic N) is 1. The summed E-state index contributed by atoms with van der Waals surface area (Å²) >= 11 is 0. The van der Waals surface area contributed by atoms with Crippen LogP contribution in [0.25, 0.3) is 0 Å². The molecule has 5 nitrogen and oxygen atoms in total. The van der Waals surface area contributed by atoms with Gasteiger partial charge in [0.05, 0.1) is 12.2 Å². The molecule has 0 spiro atoms. The Bertz CT molecular complexity index is 488. The average molecular weight is 320 g/mol. The Morgan fingerprint density at radius 1 is 1.35 bits per heavy atom. The molecule has 1 aliphatic heterocycles. The molecule has 0 saturated carbocycles. The van der Waals surface area contributed by atoms with Gasteiger partial charge in [-0.25, -0.2) is 0 Å². The van der Waals surface area contributed by atoms with Gasteiger partial charge in [0.1, 0.15) is 6.10 Å². The third-order valence-electron chi connectivity index (χ3n) is 4.60. The molecular formula is C18H28N2O3. The van der Waals surface area contributed by atoms with Gasteiger partial charge in [-0.3, -0.25) is 9.69 Å². The fourth-order valence-corrected chi connectivity index (χ4v) is 2.71. The summed E-state index contributed by atoms with van der Waals surface area (Å²) in [6.07, 6.45) is 0.774. The van der Waals surface area contributed by atoms with Crippen LogP contribution >= 0.6 is 0 Å². The van der Waals surface area contributed by atoms with Gasteiger partial charge in [-0.15, -0.1) is 0 Å². The van der Waals surface area contributed by atoms with Crippen molar-refractivity contribution in [2.45, 2.75) is 44.9 Å². The molecule has 2 N–H and O–H groups in total. The van der Waals surface area contributed by atoms with Gasteiger partial charge in [-0.1, -0.05) is 44.2 Å². The Kier molecular flexibility index (Phi) is 6.57. The van der Waals surface area contributed by atoms with Crippen molar-refractivity contribution in [3.05, 3.63) is 35.9 Å². The maximum Gasteiger partial charge on any atom is 0.250 e. The molecule has 1 fully saturated rings. The van der Waals surface area contributed by atoms with E-state index in [2.05, 4.69) is 22.3 Å². The number of benzene rings is 1. The fourth-order valence-electron chi connectivity index (χ4n) is 2.71. The van der Waals surface area contributed by atoms with Gasteiger partial charge in [0.15, 0.2) is 0 Å². The van der Waals surface area contributed by atoms with Crippen molar-refractivity contribution in [1.82, 2.24) is 10.2 Å². The molecule has 23 heavy (non-hydrogen) atoms. The second kappa shape index (κ2) is 8.43. The zero-order valence-corrected chi connectivity index (χ0v) is 14.1. The number of rotatable bonds is 7. The highest BCUT2D eigenvalue weighted by Gasteiger charge is 2.29. The van der Waals surface area contributed by atoms with Crippen molar-refractivity contribution < 1.29 is 14.6 Å². The van der Waals surface area contributed by atoms with Gasteiger partial charge in [-0.05, 0) is 18.4 Å². The molecule has 5 heteroatoms. The standard InChI is InChI=1S/C18H28N2O3/c1-3-18(22,4-2)14-19-17(21)16-13-20(10-11-23-16)12-15-8-6-5-7-9-15/h5-9,16,22H,3-4,10-14H2,1-2H3,(H,19,21). The lowest BCUT2D eigenvalue weighted by Gasteiger charge is -2.33. The van der Waals surface area contributed by atoms with Crippen LogP contribution in [0.1, 0.15) is 32.3 Å². The van der Waals surface area contributed by atoms with Crippen LogP contribution in [0.4, 0.5) is 0 Å². The third kappa shape index (κ3) is 5.30. The largest absolute Gasteiger partial charge is 0.388 e. The maximum absolute atomic E-state index is 12.3. The molecule has 1 unspecified atom stereocenters. The topological polar surface area (TPSA) is 61.8 Å². The van der Waals surface area contributed by atoms with E-state index in [0.29, 0.717) is 26.0 Å². The zero-order valence-electron chi connectivity index (χ0n) is 14.1. The minimum Gasteiger partial charge on any atom is -0.388 e. The second-order valence-corrected chi connectivity index (χ2v) is 6.23. The van der Waals surface area contributed by atoms with E-state index < -0.39 is 11.7 Å². The van der Waals surface area contributed by atoms with Gasteiger partial charge in [-0.2, -0.15) is 0 Å². The van der Waals surface area contributed by atoms with Crippen molar-refractivity contribution in [1.29, 1.82) is 0 Å². The summed E-state index contributed by atoms with van der Waals surface area (Å²) in [5.74, 6) is -0.136. The second-order valence-electron chi connectivity index (χ2n) is 6.23. The quantitative estimate of drug-likeness (QED) is 0.800. The maximum atomic E-state index is 12.3. The van der Waals surface area contributed by atoms with E-state index in [-0.39, 0.29) is 12.5 Å². The van der Waals surface area contributed by atoms with E-state index in [1.54, 1.807) is 0 Å². The van der Waals surface area contributed by atoms with Crippen molar-refractivity contribution in [2.24, 2.45) is 0 Å². The number of ether oxygens (including phenoxy) is 1. The fraction of sp³-hybridized carbons (Fsp3) is 0.611. The number of hydrogen-bond acceptors (Lipinski definition) is 4. The van der Waals surface area contributed by atoms with Crippen LogP contribution in [-0.4, -0.2) is 53.9 Å². The van der Waals surface area contributed by atoms with Crippen molar-refractivity contribution in [3.63, 3.8) is 0 Å². The molecule has 128 valence electrons. The van der Waals surface area contributed by atoms with Gasteiger partial charge in [0.25, 0.3) is 5.91 Å². The minimum absolute atomic E-state index is 0.136. The van der Waals surface area contributed by atoms with Crippen molar-refractivity contribution in [3.8, 4) is 0 Å². The highest BCUT2D eigenvalue weighted by molar-refractivity contribution is 5.81. The first kappa shape index (κ1) is 17.9. The number of nitrogens with one attached hydrogen (secondary N) is 1. The molecule has 1 atom stereocenters. The molecule has 1 aromatic carbocycles. The lowest BCUT2D eigenvalue weighted by Crippen LogP contribution is -2.52. The Morgan fingerprint density at radius 3 is 2.70 bits per heavy atom. The van der Waals surface area contributed by atoms with Crippen LogP contribution < -0.4 is 5.32 Å². The molecule has 1 saturated heterocycles. The van der Waals surface area contributed by atoms with E-state index >= 15 is 0 Å². The summed E-state index contributed by atoms with van der Waals surface area (Å²) in [5, 5.41) is 13.1. The highest BCUT2D eigenvalue weighted by atomic mass is 16.5. The SMILES string of the molecule is CCC(O)(CC)CNC(=O)C1CN(Cc2ccccc2)CCO1. The van der Waals surface area contributed by atoms with Gasteiger partial charge in [0, 0.05) is 26.2 Å². The Labute approximate surface area is 138 Å². The molecule has 0 aromatic heterocycles. The first-order valence-corrected chi connectivity index (χ1v) is 8.44. The lowest BCUT2D eigenvalue weighted by atomic mass is 9.97. The van der Waals surface area contributed by atoms with Crippen LogP contribution in [0.3, 0.4) is 0 Å². The summed E-state index contributed by atoms with van der Waals surface area (Å²) in [6, 6.07) is 10.2. The third-order valence-corrected chi connectivity index (χ3v) is 4.60. The van der Waals surface area contributed by atoms with Crippen molar-refractivity contribution in [2.75, 3.05) is 26.2 Å². The van der Waals surface area contributed by atoms with Crippen LogP contribution in [0.2, 0.25) is 0 Å². The molecule has 1 heterocycles. The summed E-state index contributed by atoms with van der Waals surface area (Å²) in [6.45, 7) is 6.91. The van der Waals surface area contributed by atoms with Gasteiger partial charge < -0.3 is 15.2 Å². The average Bonchev–Trinajstić information content (AvgIpc) is 2.60. The predicted molar refractivity (Wildman–Crippen MR) is 90.0 cm³/mol. The van der Waals surface area contributed by atoms with E-state index in [1.807, 2.05) is 32.0 Å². The number of aliphatic hydroxyl groups is 1. The predicted octanol–water partition coefficient (Wildman–Crippen LogP) is 1.55. The van der Waals surface area contributed by atoms with Crippen molar-refractivity contribution >= 4 is 5.91 Å².